The summed E-state index contributed by atoms with van der Waals surface area (Å²) in [7, 11) is 0. The number of rotatable bonds is 11. The van der Waals surface area contributed by atoms with Crippen LogP contribution in [0.4, 0.5) is 0 Å². The first kappa shape index (κ1) is 24.9. The Balaban J connectivity index is 1.62. The molecule has 6 nitrogen and oxygen atoms in total. The highest BCUT2D eigenvalue weighted by atomic mass is 32.1. The van der Waals surface area contributed by atoms with E-state index in [-0.39, 0.29) is 17.4 Å². The SMILES string of the molecule is NC(=O)CCN(CCc1ccccc1)C(=S)NC(=O)c1ccccc1OCCc1ccccc1. The molecular weight excluding hydrogens is 446 g/mol. The number of para-hydroxylation sites is 1. The van der Waals surface area contributed by atoms with Gasteiger partial charge in [0.15, 0.2) is 5.11 Å². The Morgan fingerprint density at radius 3 is 2.06 bits per heavy atom. The molecule has 0 aliphatic heterocycles. The van der Waals surface area contributed by atoms with E-state index in [2.05, 4.69) is 5.32 Å². The largest absolute Gasteiger partial charge is 0.492 e. The van der Waals surface area contributed by atoms with Crippen molar-refractivity contribution in [3.63, 3.8) is 0 Å². The summed E-state index contributed by atoms with van der Waals surface area (Å²) in [4.78, 5) is 26.2. The van der Waals surface area contributed by atoms with E-state index < -0.39 is 5.91 Å². The second-order valence-electron chi connectivity index (χ2n) is 7.78. The Labute approximate surface area is 205 Å². The number of hydrogen-bond acceptors (Lipinski definition) is 4. The minimum Gasteiger partial charge on any atom is -0.492 e. The highest BCUT2D eigenvalue weighted by Gasteiger charge is 2.17. The summed E-state index contributed by atoms with van der Waals surface area (Å²) in [5, 5.41) is 3.04. The molecule has 0 aliphatic carbocycles. The van der Waals surface area contributed by atoms with Crippen molar-refractivity contribution in [2.75, 3.05) is 19.7 Å². The van der Waals surface area contributed by atoms with Crippen molar-refractivity contribution in [2.45, 2.75) is 19.3 Å². The van der Waals surface area contributed by atoms with Crippen LogP contribution in [0.15, 0.2) is 84.9 Å². The second-order valence-corrected chi connectivity index (χ2v) is 8.17. The molecule has 0 radical (unpaired) electrons. The van der Waals surface area contributed by atoms with E-state index in [1.807, 2.05) is 66.7 Å². The predicted molar refractivity (Wildman–Crippen MR) is 138 cm³/mol. The lowest BCUT2D eigenvalue weighted by Gasteiger charge is -2.25. The summed E-state index contributed by atoms with van der Waals surface area (Å²) in [6, 6.07) is 27.0. The van der Waals surface area contributed by atoms with Gasteiger partial charge in [-0.1, -0.05) is 72.8 Å². The zero-order chi connectivity index (χ0) is 24.2. The first-order chi connectivity index (χ1) is 16.5. The number of hydrogen-bond donors (Lipinski definition) is 2. The zero-order valence-electron chi connectivity index (χ0n) is 19.0. The van der Waals surface area contributed by atoms with Crippen LogP contribution in [-0.4, -0.2) is 41.5 Å². The lowest BCUT2D eigenvalue weighted by atomic mass is 10.1. The molecule has 0 spiro atoms. The normalized spacial score (nSPS) is 10.4. The van der Waals surface area contributed by atoms with Gasteiger partial charge in [0.1, 0.15) is 5.75 Å². The van der Waals surface area contributed by atoms with Gasteiger partial charge in [-0.15, -0.1) is 0 Å². The number of primary amides is 1. The molecule has 2 amide bonds. The quantitative estimate of drug-likeness (QED) is 0.413. The molecule has 0 aliphatic rings. The minimum atomic E-state index is -0.420. The van der Waals surface area contributed by atoms with Gasteiger partial charge in [-0.2, -0.15) is 0 Å². The summed E-state index contributed by atoms with van der Waals surface area (Å²) in [5.74, 6) is -0.285. The number of nitrogens with two attached hydrogens (primary N) is 1. The maximum Gasteiger partial charge on any atom is 0.261 e. The van der Waals surface area contributed by atoms with Crippen molar-refractivity contribution in [1.29, 1.82) is 0 Å². The maximum atomic E-state index is 13.0. The third kappa shape index (κ3) is 8.01. The molecule has 3 N–H and O–H groups in total. The summed E-state index contributed by atoms with van der Waals surface area (Å²) >= 11 is 5.51. The van der Waals surface area contributed by atoms with Crippen molar-refractivity contribution in [1.82, 2.24) is 10.2 Å². The van der Waals surface area contributed by atoms with E-state index in [0.29, 0.717) is 31.0 Å². The molecule has 0 unspecified atom stereocenters. The molecule has 0 aromatic heterocycles. The Kier molecular flexibility index (Phi) is 9.61. The van der Waals surface area contributed by atoms with Crippen LogP contribution in [0, 0.1) is 0 Å². The Morgan fingerprint density at radius 2 is 1.41 bits per heavy atom. The highest BCUT2D eigenvalue weighted by Crippen LogP contribution is 2.18. The number of thiocarbonyl (C=S) groups is 1. The fraction of sp³-hybridized carbons (Fsp3) is 0.222. The fourth-order valence-electron chi connectivity index (χ4n) is 3.42. The van der Waals surface area contributed by atoms with Crippen molar-refractivity contribution in [3.8, 4) is 5.75 Å². The number of amides is 2. The molecule has 0 bridgehead atoms. The van der Waals surface area contributed by atoms with Gasteiger partial charge in [0.05, 0.1) is 12.2 Å². The van der Waals surface area contributed by atoms with E-state index >= 15 is 0 Å². The van der Waals surface area contributed by atoms with Crippen LogP contribution in [0.3, 0.4) is 0 Å². The topological polar surface area (TPSA) is 84.7 Å². The molecule has 0 saturated carbocycles. The number of nitrogens with one attached hydrogen (secondary N) is 1. The smallest absolute Gasteiger partial charge is 0.261 e. The van der Waals surface area contributed by atoms with Crippen molar-refractivity contribution in [3.05, 3.63) is 102 Å². The van der Waals surface area contributed by atoms with Crippen LogP contribution in [0.2, 0.25) is 0 Å². The Morgan fingerprint density at radius 1 is 0.824 bits per heavy atom. The van der Waals surface area contributed by atoms with Gasteiger partial charge in [-0.05, 0) is 41.9 Å². The van der Waals surface area contributed by atoms with Gasteiger partial charge < -0.3 is 15.4 Å². The van der Waals surface area contributed by atoms with E-state index in [4.69, 9.17) is 22.7 Å². The van der Waals surface area contributed by atoms with E-state index in [1.54, 1.807) is 23.1 Å². The van der Waals surface area contributed by atoms with Crippen molar-refractivity contribution < 1.29 is 14.3 Å². The van der Waals surface area contributed by atoms with Crippen LogP contribution in [-0.2, 0) is 17.6 Å². The Hall–Kier alpha value is -3.71. The molecule has 0 saturated heterocycles. The fourth-order valence-corrected chi connectivity index (χ4v) is 3.69. The molecule has 3 rings (SSSR count). The van der Waals surface area contributed by atoms with Crippen molar-refractivity contribution >= 4 is 29.1 Å². The molecular formula is C27H29N3O3S. The van der Waals surface area contributed by atoms with Crippen molar-refractivity contribution in [2.24, 2.45) is 5.73 Å². The first-order valence-corrected chi connectivity index (χ1v) is 11.6. The maximum absolute atomic E-state index is 13.0. The molecule has 3 aromatic rings. The number of carbonyl (C=O) groups excluding carboxylic acids is 2. The summed E-state index contributed by atoms with van der Waals surface area (Å²) in [6.45, 7) is 1.32. The van der Waals surface area contributed by atoms with E-state index in [1.165, 1.54) is 0 Å². The molecule has 7 heteroatoms. The first-order valence-electron chi connectivity index (χ1n) is 11.2. The molecule has 0 fully saturated rings. The van der Waals surface area contributed by atoms with Crippen LogP contribution >= 0.6 is 12.2 Å². The van der Waals surface area contributed by atoms with Crippen LogP contribution in [0.5, 0.6) is 5.75 Å². The van der Waals surface area contributed by atoms with Gasteiger partial charge in [-0.3, -0.25) is 14.9 Å². The zero-order valence-corrected chi connectivity index (χ0v) is 19.8. The highest BCUT2D eigenvalue weighted by molar-refractivity contribution is 7.80. The third-order valence-corrected chi connectivity index (χ3v) is 5.63. The van der Waals surface area contributed by atoms with Gasteiger partial charge in [0, 0.05) is 25.9 Å². The number of benzene rings is 3. The van der Waals surface area contributed by atoms with Crippen LogP contribution in [0.1, 0.15) is 27.9 Å². The second kappa shape index (κ2) is 13.1. The van der Waals surface area contributed by atoms with E-state index in [9.17, 15) is 9.59 Å². The molecule has 176 valence electrons. The van der Waals surface area contributed by atoms with Crippen LogP contribution in [0.25, 0.3) is 0 Å². The van der Waals surface area contributed by atoms with E-state index in [0.717, 1.165) is 24.0 Å². The number of nitrogens with zero attached hydrogens (tertiary/aromatic N) is 1. The minimum absolute atomic E-state index is 0.143. The predicted octanol–water partition coefficient (Wildman–Crippen LogP) is 3.74. The average Bonchev–Trinajstić information content (AvgIpc) is 2.85. The molecule has 34 heavy (non-hydrogen) atoms. The molecule has 3 aromatic carbocycles. The van der Waals surface area contributed by atoms with Gasteiger partial charge in [0.2, 0.25) is 5.91 Å². The van der Waals surface area contributed by atoms with Gasteiger partial charge >= 0.3 is 0 Å². The Bertz CT molecular complexity index is 1090. The molecule has 0 heterocycles. The van der Waals surface area contributed by atoms with Gasteiger partial charge in [-0.25, -0.2) is 0 Å². The van der Waals surface area contributed by atoms with Crippen LogP contribution < -0.4 is 15.8 Å². The summed E-state index contributed by atoms with van der Waals surface area (Å²) < 4.78 is 5.91. The number of ether oxygens (including phenoxy) is 1. The molecule has 0 atom stereocenters. The summed E-state index contributed by atoms with van der Waals surface area (Å²) in [6.07, 6.45) is 1.59. The average molecular weight is 476 g/mol. The monoisotopic (exact) mass is 475 g/mol. The number of carbonyl (C=O) groups is 2. The third-order valence-electron chi connectivity index (χ3n) is 5.27. The standard InChI is InChI=1S/C27H29N3O3S/c28-25(31)16-19-30(18-15-21-9-3-1-4-10-21)27(34)29-26(32)23-13-7-8-14-24(23)33-20-17-22-11-5-2-6-12-22/h1-14H,15-20H2,(H2,28,31)(H,29,32,34). The van der Waals surface area contributed by atoms with Gasteiger partial charge in [0.25, 0.3) is 5.91 Å². The lowest BCUT2D eigenvalue weighted by molar-refractivity contribution is -0.118. The summed E-state index contributed by atoms with van der Waals surface area (Å²) in [5.41, 5.74) is 8.03. The lowest BCUT2D eigenvalue weighted by Crippen LogP contribution is -2.44.